The number of amides is 1. The molecule has 0 aliphatic rings. The van der Waals surface area contributed by atoms with Crippen LogP contribution in [-0.4, -0.2) is 39.4 Å². The average molecular weight is 546 g/mol. The number of hydrogen-bond donors (Lipinski definition) is 1. The molecule has 0 unspecified atom stereocenters. The molecule has 0 bridgehead atoms. The van der Waals surface area contributed by atoms with E-state index in [1.165, 1.54) is 22.7 Å². The zero-order valence-electron chi connectivity index (χ0n) is 21.4. The zero-order chi connectivity index (χ0) is 27.8. The van der Waals surface area contributed by atoms with E-state index < -0.39 is 15.9 Å². The van der Waals surface area contributed by atoms with Crippen LogP contribution in [-0.2, 0) is 21.3 Å². The Morgan fingerprint density at radius 2 is 1.59 bits per heavy atom. The first-order valence-corrected chi connectivity index (χ1v) is 13.9. The Hall–Kier alpha value is -4.70. The minimum absolute atomic E-state index is 0.177. The largest absolute Gasteiger partial charge is 0.462 e. The van der Waals surface area contributed by atoms with Gasteiger partial charge in [-0.3, -0.25) is 9.10 Å². The molecule has 4 rings (SSSR count). The highest BCUT2D eigenvalue weighted by Gasteiger charge is 2.18. The van der Waals surface area contributed by atoms with Crippen LogP contribution in [0, 0.1) is 0 Å². The molecule has 10 heteroatoms. The van der Waals surface area contributed by atoms with Crippen molar-refractivity contribution in [3.8, 4) is 11.3 Å². The van der Waals surface area contributed by atoms with Gasteiger partial charge in [-0.15, -0.1) is 0 Å². The van der Waals surface area contributed by atoms with Gasteiger partial charge in [0.25, 0.3) is 5.91 Å². The third kappa shape index (κ3) is 7.20. The minimum Gasteiger partial charge on any atom is -0.462 e. The number of anilines is 1. The van der Waals surface area contributed by atoms with Crippen LogP contribution < -0.4 is 9.73 Å². The van der Waals surface area contributed by atoms with Crippen molar-refractivity contribution in [2.75, 3.05) is 17.2 Å². The van der Waals surface area contributed by atoms with Crippen molar-refractivity contribution in [3.63, 3.8) is 0 Å². The lowest BCUT2D eigenvalue weighted by Crippen LogP contribution is -2.29. The number of carbonyl (C=O) groups is 2. The predicted octanol–water partition coefficient (Wildman–Crippen LogP) is 4.85. The van der Waals surface area contributed by atoms with E-state index in [9.17, 15) is 18.0 Å². The van der Waals surface area contributed by atoms with Crippen molar-refractivity contribution >= 4 is 33.8 Å². The van der Waals surface area contributed by atoms with Gasteiger partial charge in [-0.05, 0) is 61.0 Å². The van der Waals surface area contributed by atoms with E-state index in [0.717, 1.165) is 17.4 Å². The van der Waals surface area contributed by atoms with Gasteiger partial charge >= 0.3 is 5.97 Å². The van der Waals surface area contributed by atoms with Crippen LogP contribution in [0.25, 0.3) is 11.3 Å². The molecule has 0 spiro atoms. The van der Waals surface area contributed by atoms with E-state index in [1.807, 2.05) is 30.3 Å². The van der Waals surface area contributed by atoms with Crippen molar-refractivity contribution in [1.29, 1.82) is 0 Å². The number of hydrazone groups is 1. The van der Waals surface area contributed by atoms with Crippen LogP contribution in [0.1, 0.15) is 39.0 Å². The number of ether oxygens (including phenoxy) is 1. The molecule has 1 aromatic heterocycles. The summed E-state index contributed by atoms with van der Waals surface area (Å²) in [5, 5.41) is 3.95. The summed E-state index contributed by atoms with van der Waals surface area (Å²) in [7, 11) is -3.54. The maximum Gasteiger partial charge on any atom is 0.338 e. The molecule has 0 aliphatic carbocycles. The van der Waals surface area contributed by atoms with Gasteiger partial charge in [-0.2, -0.15) is 5.10 Å². The maximum absolute atomic E-state index is 12.5. The summed E-state index contributed by atoms with van der Waals surface area (Å²) in [5.41, 5.74) is 5.25. The number of esters is 1. The van der Waals surface area contributed by atoms with E-state index in [-0.39, 0.29) is 12.5 Å². The number of rotatable bonds is 10. The van der Waals surface area contributed by atoms with Gasteiger partial charge in [0.15, 0.2) is 0 Å². The number of nitrogens with zero attached hydrogens (tertiary/aromatic N) is 2. The third-order valence-electron chi connectivity index (χ3n) is 5.65. The second-order valence-electron chi connectivity index (χ2n) is 8.50. The molecule has 0 fully saturated rings. The highest BCUT2D eigenvalue weighted by atomic mass is 32.2. The monoisotopic (exact) mass is 545 g/mol. The lowest BCUT2D eigenvalue weighted by Gasteiger charge is -2.22. The summed E-state index contributed by atoms with van der Waals surface area (Å²) in [6.07, 6.45) is 2.51. The summed E-state index contributed by atoms with van der Waals surface area (Å²) in [5.74, 6) is 0.134. The van der Waals surface area contributed by atoms with Crippen LogP contribution in [0.3, 0.4) is 0 Å². The molecule has 1 heterocycles. The van der Waals surface area contributed by atoms with Crippen molar-refractivity contribution in [2.45, 2.75) is 13.5 Å². The van der Waals surface area contributed by atoms with Gasteiger partial charge < -0.3 is 9.15 Å². The molecule has 0 radical (unpaired) electrons. The van der Waals surface area contributed by atoms with E-state index in [1.54, 1.807) is 55.5 Å². The Morgan fingerprint density at radius 3 is 2.23 bits per heavy atom. The van der Waals surface area contributed by atoms with Crippen molar-refractivity contribution in [1.82, 2.24) is 5.43 Å². The summed E-state index contributed by atoms with van der Waals surface area (Å²) < 4.78 is 36.8. The fourth-order valence-corrected chi connectivity index (χ4v) is 4.60. The Bertz CT molecular complexity index is 1560. The van der Waals surface area contributed by atoms with Gasteiger partial charge in [0, 0.05) is 11.1 Å². The molecule has 0 saturated heterocycles. The predicted molar refractivity (Wildman–Crippen MR) is 149 cm³/mol. The van der Waals surface area contributed by atoms with E-state index in [0.29, 0.717) is 34.9 Å². The highest BCUT2D eigenvalue weighted by Crippen LogP contribution is 2.23. The van der Waals surface area contributed by atoms with Crippen LogP contribution >= 0.6 is 0 Å². The molecule has 200 valence electrons. The lowest BCUT2D eigenvalue weighted by atomic mass is 10.1. The Balaban J connectivity index is 1.37. The summed E-state index contributed by atoms with van der Waals surface area (Å²) in [6.45, 7) is 2.23. The molecule has 0 saturated carbocycles. The molecule has 9 nitrogen and oxygen atoms in total. The quantitative estimate of drug-likeness (QED) is 0.173. The number of benzene rings is 3. The first-order valence-electron chi connectivity index (χ1n) is 12.1. The Kier molecular flexibility index (Phi) is 8.57. The molecular weight excluding hydrogens is 518 g/mol. The normalized spacial score (nSPS) is 11.3. The highest BCUT2D eigenvalue weighted by molar-refractivity contribution is 7.92. The third-order valence-corrected chi connectivity index (χ3v) is 6.79. The average Bonchev–Trinajstić information content (AvgIpc) is 3.41. The molecule has 3 aromatic carbocycles. The minimum atomic E-state index is -3.54. The zero-order valence-corrected chi connectivity index (χ0v) is 22.2. The fourth-order valence-electron chi connectivity index (χ4n) is 3.71. The first kappa shape index (κ1) is 27.3. The molecular formula is C29H27N3O6S. The van der Waals surface area contributed by atoms with Crippen molar-refractivity contribution in [3.05, 3.63) is 113 Å². The Labute approximate surface area is 226 Å². The standard InChI is InChI=1S/C29H27N3O6S/c1-3-37-29(34)24-11-9-22(10-12-24)27-18-17-26(38-27)19-30-31-28(33)23-13-15-25(16-14-23)32(39(2,35)36)20-21-7-5-4-6-8-21/h4-19H,3,20H2,1-2H3,(H,31,33)/b30-19-. The first-order chi connectivity index (χ1) is 18.7. The summed E-state index contributed by atoms with van der Waals surface area (Å²) in [4.78, 5) is 24.3. The number of sulfonamides is 1. The molecule has 39 heavy (non-hydrogen) atoms. The van der Waals surface area contributed by atoms with Gasteiger partial charge in [0.05, 0.1) is 36.9 Å². The van der Waals surface area contributed by atoms with E-state index >= 15 is 0 Å². The molecule has 1 N–H and O–H groups in total. The number of carbonyl (C=O) groups excluding carboxylic acids is 2. The van der Waals surface area contributed by atoms with Crippen molar-refractivity contribution in [2.24, 2.45) is 5.10 Å². The number of hydrogen-bond acceptors (Lipinski definition) is 7. The molecule has 0 aliphatic heterocycles. The lowest BCUT2D eigenvalue weighted by molar-refractivity contribution is 0.0526. The summed E-state index contributed by atoms with van der Waals surface area (Å²) in [6, 6.07) is 25.8. The molecule has 1 amide bonds. The van der Waals surface area contributed by atoms with Crippen LogP contribution in [0.15, 0.2) is 101 Å². The topological polar surface area (TPSA) is 118 Å². The van der Waals surface area contributed by atoms with Crippen LogP contribution in [0.2, 0.25) is 0 Å². The van der Waals surface area contributed by atoms with Crippen molar-refractivity contribution < 1.29 is 27.2 Å². The second kappa shape index (κ2) is 12.2. The summed E-state index contributed by atoms with van der Waals surface area (Å²) >= 11 is 0. The molecule has 4 aromatic rings. The SMILES string of the molecule is CCOC(=O)c1ccc(-c2ccc(/C=N\NC(=O)c3ccc(N(Cc4ccccc4)S(C)(=O)=O)cc3)o2)cc1. The van der Waals surface area contributed by atoms with E-state index in [2.05, 4.69) is 10.5 Å². The van der Waals surface area contributed by atoms with Gasteiger partial charge in [0.1, 0.15) is 11.5 Å². The molecule has 0 atom stereocenters. The number of nitrogens with one attached hydrogen (secondary N) is 1. The van der Waals surface area contributed by atoms with Gasteiger partial charge in [-0.1, -0.05) is 42.5 Å². The second-order valence-corrected chi connectivity index (χ2v) is 10.4. The van der Waals surface area contributed by atoms with Crippen LogP contribution in [0.5, 0.6) is 0 Å². The number of furan rings is 1. The maximum atomic E-state index is 12.5. The van der Waals surface area contributed by atoms with Gasteiger partial charge in [0.2, 0.25) is 10.0 Å². The fraction of sp³-hybridized carbons (Fsp3) is 0.138. The Morgan fingerprint density at radius 1 is 0.923 bits per heavy atom. The van der Waals surface area contributed by atoms with Crippen LogP contribution in [0.4, 0.5) is 5.69 Å². The van der Waals surface area contributed by atoms with Gasteiger partial charge in [-0.25, -0.2) is 18.6 Å². The smallest absolute Gasteiger partial charge is 0.338 e. The van der Waals surface area contributed by atoms with E-state index in [4.69, 9.17) is 9.15 Å².